The van der Waals surface area contributed by atoms with Crippen molar-refractivity contribution in [3.05, 3.63) is 0 Å². The molecule has 0 aromatic rings. The first-order valence-corrected chi connectivity index (χ1v) is 7.63. The van der Waals surface area contributed by atoms with E-state index in [1.165, 1.54) is 0 Å². The van der Waals surface area contributed by atoms with Gasteiger partial charge < -0.3 is 18.6 Å². The summed E-state index contributed by atoms with van der Waals surface area (Å²) in [4.78, 5) is 0. The summed E-state index contributed by atoms with van der Waals surface area (Å²) in [7, 11) is 2.87. The molecular formula is C8H19B2O4P. The zero-order valence-electron chi connectivity index (χ0n) is 9.93. The Morgan fingerprint density at radius 3 is 2.80 bits per heavy atom. The van der Waals surface area contributed by atoms with Crippen molar-refractivity contribution in [1.29, 1.82) is 0 Å². The van der Waals surface area contributed by atoms with Crippen LogP contribution in [0, 0.1) is 0 Å². The first kappa shape index (κ1) is 13.3. The van der Waals surface area contributed by atoms with Crippen LogP contribution >= 0.6 is 7.25 Å². The maximum absolute atomic E-state index is 11.9. The maximum Gasteiger partial charge on any atom is 0.216 e. The molecule has 0 saturated carbocycles. The lowest BCUT2D eigenvalue weighted by Crippen LogP contribution is -2.28. The third kappa shape index (κ3) is 3.95. The maximum atomic E-state index is 11.9. The van der Waals surface area contributed by atoms with Crippen LogP contribution in [0.15, 0.2) is 0 Å². The Morgan fingerprint density at radius 1 is 1.60 bits per heavy atom. The highest BCUT2D eigenvalue weighted by Crippen LogP contribution is 2.44. The second-order valence-electron chi connectivity index (χ2n) is 4.15. The molecule has 1 unspecified atom stereocenters. The molecule has 4 atom stereocenters. The summed E-state index contributed by atoms with van der Waals surface area (Å²) >= 11 is 0. The molecule has 0 radical (unpaired) electrons. The predicted molar refractivity (Wildman–Crippen MR) is 65.3 cm³/mol. The van der Waals surface area contributed by atoms with Crippen LogP contribution in [0.25, 0.3) is 0 Å². The SMILES string of the molecule is B[C@H]1C[C@@H](OP(B)(=O)CC)[C@@H](COC)O1. The van der Waals surface area contributed by atoms with E-state index in [1.807, 2.05) is 14.8 Å². The molecule has 0 bridgehead atoms. The highest BCUT2D eigenvalue weighted by atomic mass is 31.2. The summed E-state index contributed by atoms with van der Waals surface area (Å²) in [5.74, 6) is 0. The van der Waals surface area contributed by atoms with E-state index in [0.29, 0.717) is 12.8 Å². The van der Waals surface area contributed by atoms with Crippen molar-refractivity contribution in [3.8, 4) is 0 Å². The van der Waals surface area contributed by atoms with Crippen molar-refractivity contribution in [2.45, 2.75) is 31.6 Å². The Labute approximate surface area is 93.3 Å². The molecule has 7 heteroatoms. The molecule has 0 aromatic heterocycles. The lowest BCUT2D eigenvalue weighted by atomic mass is 9.96. The highest BCUT2D eigenvalue weighted by Gasteiger charge is 2.36. The zero-order valence-corrected chi connectivity index (χ0v) is 10.8. The monoisotopic (exact) mass is 232 g/mol. The fourth-order valence-electron chi connectivity index (χ4n) is 1.70. The van der Waals surface area contributed by atoms with Crippen molar-refractivity contribution < 1.29 is 18.6 Å². The molecular weight excluding hydrogens is 213 g/mol. The summed E-state index contributed by atoms with van der Waals surface area (Å²) in [6.07, 6.45) is 1.20. The van der Waals surface area contributed by atoms with Gasteiger partial charge in [0.25, 0.3) is 0 Å². The van der Waals surface area contributed by atoms with Gasteiger partial charge in [-0.05, 0) is 6.42 Å². The minimum atomic E-state index is -2.45. The van der Waals surface area contributed by atoms with Crippen molar-refractivity contribution in [3.63, 3.8) is 0 Å². The fourth-order valence-corrected chi connectivity index (χ4v) is 2.65. The molecule has 1 aliphatic heterocycles. The van der Waals surface area contributed by atoms with Gasteiger partial charge in [0.05, 0.1) is 12.7 Å². The van der Waals surface area contributed by atoms with Crippen LogP contribution < -0.4 is 0 Å². The predicted octanol–water partition coefficient (Wildman–Crippen LogP) is -0.388. The van der Waals surface area contributed by atoms with E-state index in [2.05, 4.69) is 0 Å². The van der Waals surface area contributed by atoms with Gasteiger partial charge in [0, 0.05) is 19.3 Å². The summed E-state index contributed by atoms with van der Waals surface area (Å²) < 4.78 is 28.2. The van der Waals surface area contributed by atoms with Gasteiger partial charge in [-0.15, -0.1) is 0 Å². The van der Waals surface area contributed by atoms with Gasteiger partial charge in [-0.2, -0.15) is 0 Å². The van der Waals surface area contributed by atoms with Crippen molar-refractivity contribution in [1.82, 2.24) is 0 Å². The van der Waals surface area contributed by atoms with Crippen LogP contribution in [0.2, 0.25) is 0 Å². The molecule has 1 heterocycles. The third-order valence-corrected chi connectivity index (χ3v) is 4.52. The lowest BCUT2D eigenvalue weighted by Gasteiger charge is -2.22. The molecule has 1 aliphatic rings. The fraction of sp³-hybridized carbons (Fsp3) is 1.00. The van der Waals surface area contributed by atoms with E-state index in [-0.39, 0.29) is 18.2 Å². The van der Waals surface area contributed by atoms with E-state index in [9.17, 15) is 4.57 Å². The first-order chi connectivity index (χ1) is 6.98. The molecule has 1 rings (SSSR count). The number of hydrogen-bond donors (Lipinski definition) is 0. The van der Waals surface area contributed by atoms with Crippen LogP contribution in [0.4, 0.5) is 0 Å². The van der Waals surface area contributed by atoms with Gasteiger partial charge in [-0.1, -0.05) is 6.92 Å². The summed E-state index contributed by atoms with van der Waals surface area (Å²) in [6, 6.07) is 0.159. The van der Waals surface area contributed by atoms with Gasteiger partial charge in [0.2, 0.25) is 7.57 Å². The smallest absolute Gasteiger partial charge is 0.216 e. The standard InChI is InChI=1S/C8H19B2O4P/c1-3-15(10,11)14-6-4-8(9)13-7(6)5-12-2/h6-8H,3-5,9-10H2,1-2H3/t6-,7-,8-,15?/m1/s1. The Bertz CT molecular complexity index is 251. The van der Waals surface area contributed by atoms with Crippen LogP contribution in [-0.2, 0) is 18.6 Å². The summed E-state index contributed by atoms with van der Waals surface area (Å²) in [6.45, 7) is 2.38. The zero-order chi connectivity index (χ0) is 11.5. The Morgan fingerprint density at radius 2 is 2.27 bits per heavy atom. The first-order valence-electron chi connectivity index (χ1n) is 5.38. The van der Waals surface area contributed by atoms with Crippen molar-refractivity contribution in [2.75, 3.05) is 19.9 Å². The largest absolute Gasteiger partial charge is 0.382 e. The van der Waals surface area contributed by atoms with Crippen LogP contribution in [-0.4, -0.2) is 53.5 Å². The topological polar surface area (TPSA) is 44.8 Å². The Balaban J connectivity index is 2.55. The molecule has 4 nitrogen and oxygen atoms in total. The number of hydrogen-bond acceptors (Lipinski definition) is 4. The molecule has 1 saturated heterocycles. The van der Waals surface area contributed by atoms with Crippen molar-refractivity contribution >= 4 is 22.7 Å². The Kier molecular flexibility index (Phi) is 4.91. The number of methoxy groups -OCH3 is 1. The third-order valence-electron chi connectivity index (χ3n) is 2.65. The normalized spacial score (nSPS) is 35.2. The Hall–Kier alpha value is 0.240. The van der Waals surface area contributed by atoms with Crippen molar-refractivity contribution in [2.24, 2.45) is 0 Å². The highest BCUT2D eigenvalue weighted by molar-refractivity contribution is 7.83. The molecule has 0 aromatic carbocycles. The van der Waals surface area contributed by atoms with Crippen LogP contribution in [0.5, 0.6) is 0 Å². The minimum Gasteiger partial charge on any atom is -0.382 e. The molecule has 0 amide bonds. The molecule has 0 aliphatic carbocycles. The molecule has 0 spiro atoms. The second-order valence-corrected chi connectivity index (χ2v) is 7.02. The van der Waals surface area contributed by atoms with Gasteiger partial charge in [0.1, 0.15) is 14.0 Å². The van der Waals surface area contributed by atoms with Crippen LogP contribution in [0.1, 0.15) is 13.3 Å². The van der Waals surface area contributed by atoms with E-state index < -0.39 is 7.25 Å². The van der Waals surface area contributed by atoms with Gasteiger partial charge >= 0.3 is 0 Å². The lowest BCUT2D eigenvalue weighted by molar-refractivity contribution is -0.00911. The molecule has 15 heavy (non-hydrogen) atoms. The molecule has 86 valence electrons. The second kappa shape index (κ2) is 5.53. The number of ether oxygens (including phenoxy) is 2. The quantitative estimate of drug-likeness (QED) is 0.478. The summed E-state index contributed by atoms with van der Waals surface area (Å²) in [5.41, 5.74) is 0. The molecule has 1 fully saturated rings. The van der Waals surface area contributed by atoms with E-state index in [1.54, 1.807) is 14.7 Å². The van der Waals surface area contributed by atoms with E-state index in [0.717, 1.165) is 6.42 Å². The molecule has 0 N–H and O–H groups in total. The minimum absolute atomic E-state index is 0.0789. The number of rotatable bonds is 5. The van der Waals surface area contributed by atoms with Crippen LogP contribution in [0.3, 0.4) is 0 Å². The van der Waals surface area contributed by atoms with Gasteiger partial charge in [0.15, 0.2) is 7.25 Å². The summed E-state index contributed by atoms with van der Waals surface area (Å²) in [5, 5.41) is 0. The average molecular weight is 232 g/mol. The van der Waals surface area contributed by atoms with Gasteiger partial charge in [-0.3, -0.25) is 0 Å². The van der Waals surface area contributed by atoms with Gasteiger partial charge in [-0.25, -0.2) is 0 Å². The van der Waals surface area contributed by atoms with E-state index in [4.69, 9.17) is 14.0 Å². The average Bonchev–Trinajstić information content (AvgIpc) is 2.47. The van der Waals surface area contributed by atoms with E-state index >= 15 is 0 Å².